The summed E-state index contributed by atoms with van der Waals surface area (Å²) in [6, 6.07) is -4.25. The molecule has 0 aromatic rings. The number of rotatable bonds is 13. The molecule has 4 atom stereocenters. The average molecular weight is 448 g/mol. The molecule has 0 aliphatic carbocycles. The summed E-state index contributed by atoms with van der Waals surface area (Å²) in [4.78, 5) is 59.7. The van der Waals surface area contributed by atoms with E-state index in [2.05, 4.69) is 28.6 Å². The van der Waals surface area contributed by atoms with E-state index in [1.807, 2.05) is 0 Å². The zero-order valence-electron chi connectivity index (χ0n) is 17.7. The Morgan fingerprint density at radius 2 is 1.30 bits per heavy atom. The van der Waals surface area contributed by atoms with E-state index in [4.69, 9.17) is 11.5 Å². The lowest BCUT2D eigenvalue weighted by molar-refractivity contribution is -0.143. The third-order valence-corrected chi connectivity index (χ3v) is 4.71. The van der Waals surface area contributed by atoms with Crippen LogP contribution < -0.4 is 27.4 Å². The summed E-state index contributed by atoms with van der Waals surface area (Å²) in [5.74, 6) is -4.51. The summed E-state index contributed by atoms with van der Waals surface area (Å²) < 4.78 is 0. The third-order valence-electron chi connectivity index (χ3n) is 4.32. The number of aliphatic carboxylic acids is 1. The first-order valence-electron chi connectivity index (χ1n) is 9.60. The Bertz CT molecular complexity index is 643. The van der Waals surface area contributed by atoms with Crippen LogP contribution in [-0.4, -0.2) is 64.6 Å². The van der Waals surface area contributed by atoms with Gasteiger partial charge in [-0.2, -0.15) is 12.6 Å². The van der Waals surface area contributed by atoms with Gasteiger partial charge in [0.15, 0.2) is 0 Å². The van der Waals surface area contributed by atoms with Gasteiger partial charge < -0.3 is 32.5 Å². The second kappa shape index (κ2) is 13.1. The summed E-state index contributed by atoms with van der Waals surface area (Å²) >= 11 is 3.95. The standard InChI is InChI=1S/C18H33N5O6S/c1-8(2)13(16(26)21-11(18(28)29)5-6-12(20)24)23-17(27)14(9(3)4)22-15(25)10(19)7-30/h8-11,13-14,30H,5-7,19H2,1-4H3,(H2,20,24)(H,21,26)(H,22,25)(H,23,27)(H,28,29). The lowest BCUT2D eigenvalue weighted by atomic mass is 9.99. The van der Waals surface area contributed by atoms with Crippen molar-refractivity contribution in [3.8, 4) is 0 Å². The molecule has 0 spiro atoms. The number of nitrogens with one attached hydrogen (secondary N) is 3. The van der Waals surface area contributed by atoms with Crippen LogP contribution in [-0.2, 0) is 24.0 Å². The number of thiol groups is 1. The van der Waals surface area contributed by atoms with E-state index in [9.17, 15) is 29.1 Å². The Hall–Kier alpha value is -2.34. The molecule has 0 heterocycles. The summed E-state index contributed by atoms with van der Waals surface area (Å²) in [6.07, 6.45) is -0.399. The van der Waals surface area contributed by atoms with Crippen molar-refractivity contribution in [1.29, 1.82) is 0 Å². The van der Waals surface area contributed by atoms with Gasteiger partial charge in [-0.05, 0) is 18.3 Å². The van der Waals surface area contributed by atoms with Crippen molar-refractivity contribution >= 4 is 42.2 Å². The molecule has 11 nitrogen and oxygen atoms in total. The van der Waals surface area contributed by atoms with E-state index >= 15 is 0 Å². The van der Waals surface area contributed by atoms with E-state index in [1.165, 1.54) is 0 Å². The first kappa shape index (κ1) is 27.7. The van der Waals surface area contributed by atoms with Crippen LogP contribution in [0.25, 0.3) is 0 Å². The Labute approximate surface area is 181 Å². The summed E-state index contributed by atoms with van der Waals surface area (Å²) in [6.45, 7) is 6.77. The van der Waals surface area contributed by atoms with Crippen molar-refractivity contribution in [2.75, 3.05) is 5.75 Å². The number of hydrogen-bond acceptors (Lipinski definition) is 7. The largest absolute Gasteiger partial charge is 0.480 e. The van der Waals surface area contributed by atoms with Gasteiger partial charge in [0.2, 0.25) is 23.6 Å². The maximum absolute atomic E-state index is 12.7. The Morgan fingerprint density at radius 3 is 1.67 bits per heavy atom. The van der Waals surface area contributed by atoms with Crippen LogP contribution in [0.1, 0.15) is 40.5 Å². The number of nitrogens with two attached hydrogens (primary N) is 2. The third kappa shape index (κ3) is 9.44. The minimum absolute atomic E-state index is 0.0944. The summed E-state index contributed by atoms with van der Waals surface area (Å²) in [5.41, 5.74) is 10.7. The molecule has 0 saturated heterocycles. The van der Waals surface area contributed by atoms with Gasteiger partial charge in [0.25, 0.3) is 0 Å². The smallest absolute Gasteiger partial charge is 0.326 e. The maximum atomic E-state index is 12.7. The van der Waals surface area contributed by atoms with E-state index < -0.39 is 53.8 Å². The summed E-state index contributed by atoms with van der Waals surface area (Å²) in [5, 5.41) is 16.7. The molecule has 0 rings (SSSR count). The highest BCUT2D eigenvalue weighted by Crippen LogP contribution is 2.08. The molecule has 0 aliphatic heterocycles. The molecular weight excluding hydrogens is 414 g/mol. The van der Waals surface area contributed by atoms with Crippen LogP contribution in [0.2, 0.25) is 0 Å². The highest BCUT2D eigenvalue weighted by atomic mass is 32.1. The SMILES string of the molecule is CC(C)C(NC(=O)C(N)CS)C(=O)NC(C(=O)NC(CCC(N)=O)C(=O)O)C(C)C. The normalized spacial score (nSPS) is 15.1. The van der Waals surface area contributed by atoms with Gasteiger partial charge >= 0.3 is 5.97 Å². The summed E-state index contributed by atoms with van der Waals surface area (Å²) in [7, 11) is 0. The molecule has 0 bridgehead atoms. The van der Waals surface area contributed by atoms with Crippen molar-refractivity contribution in [3.05, 3.63) is 0 Å². The topological polar surface area (TPSA) is 194 Å². The van der Waals surface area contributed by atoms with E-state index in [0.29, 0.717) is 0 Å². The second-order valence-corrected chi connectivity index (χ2v) is 8.02. The van der Waals surface area contributed by atoms with Gasteiger partial charge in [0.1, 0.15) is 18.1 Å². The maximum Gasteiger partial charge on any atom is 0.326 e. The molecule has 0 aromatic carbocycles. The molecule has 30 heavy (non-hydrogen) atoms. The molecule has 8 N–H and O–H groups in total. The van der Waals surface area contributed by atoms with Crippen LogP contribution in [0, 0.1) is 11.8 Å². The fraction of sp³-hybridized carbons (Fsp3) is 0.722. The van der Waals surface area contributed by atoms with Gasteiger partial charge in [-0.25, -0.2) is 4.79 Å². The van der Waals surface area contributed by atoms with Crippen LogP contribution in [0.4, 0.5) is 0 Å². The average Bonchev–Trinajstić information content (AvgIpc) is 2.64. The predicted molar refractivity (Wildman–Crippen MR) is 113 cm³/mol. The number of carbonyl (C=O) groups is 5. The number of carboxylic acids is 1. The van der Waals surface area contributed by atoms with Crippen molar-refractivity contribution in [2.24, 2.45) is 23.3 Å². The molecule has 12 heteroatoms. The molecule has 0 aliphatic rings. The van der Waals surface area contributed by atoms with Crippen molar-refractivity contribution in [3.63, 3.8) is 0 Å². The fourth-order valence-electron chi connectivity index (χ4n) is 2.46. The molecule has 0 aromatic heterocycles. The van der Waals surface area contributed by atoms with E-state index in [0.717, 1.165) is 0 Å². The zero-order valence-corrected chi connectivity index (χ0v) is 18.6. The molecule has 0 radical (unpaired) electrons. The predicted octanol–water partition coefficient (Wildman–Crippen LogP) is -1.64. The van der Waals surface area contributed by atoms with Crippen LogP contribution in [0.15, 0.2) is 0 Å². The quantitative estimate of drug-likeness (QED) is 0.164. The molecular formula is C18H33N5O6S. The molecule has 0 saturated carbocycles. The molecule has 172 valence electrons. The minimum atomic E-state index is -1.34. The molecule has 4 amide bonds. The van der Waals surface area contributed by atoms with E-state index in [1.54, 1.807) is 27.7 Å². The highest BCUT2D eigenvalue weighted by molar-refractivity contribution is 7.80. The van der Waals surface area contributed by atoms with Gasteiger partial charge in [-0.15, -0.1) is 0 Å². The first-order chi connectivity index (χ1) is 13.8. The molecule has 4 unspecified atom stereocenters. The van der Waals surface area contributed by atoms with Crippen LogP contribution in [0.3, 0.4) is 0 Å². The monoisotopic (exact) mass is 447 g/mol. The number of carbonyl (C=O) groups excluding carboxylic acids is 4. The Morgan fingerprint density at radius 1 is 0.867 bits per heavy atom. The highest BCUT2D eigenvalue weighted by Gasteiger charge is 2.32. The van der Waals surface area contributed by atoms with Crippen molar-refractivity contribution in [2.45, 2.75) is 64.7 Å². The molecule has 0 fully saturated rings. The fourth-order valence-corrected chi connectivity index (χ4v) is 2.63. The number of primary amides is 1. The van der Waals surface area contributed by atoms with Gasteiger partial charge in [0, 0.05) is 12.2 Å². The first-order valence-corrected chi connectivity index (χ1v) is 10.2. The van der Waals surface area contributed by atoms with E-state index in [-0.39, 0.29) is 30.4 Å². The zero-order chi connectivity index (χ0) is 23.6. The Balaban J connectivity index is 5.32. The lowest BCUT2D eigenvalue weighted by Gasteiger charge is -2.28. The van der Waals surface area contributed by atoms with Crippen LogP contribution in [0.5, 0.6) is 0 Å². The number of amides is 4. The second-order valence-electron chi connectivity index (χ2n) is 7.65. The van der Waals surface area contributed by atoms with Gasteiger partial charge in [-0.1, -0.05) is 27.7 Å². The number of hydrogen-bond donors (Lipinski definition) is 7. The lowest BCUT2D eigenvalue weighted by Crippen LogP contribution is -2.59. The van der Waals surface area contributed by atoms with Crippen LogP contribution >= 0.6 is 12.6 Å². The van der Waals surface area contributed by atoms with Crippen molar-refractivity contribution < 1.29 is 29.1 Å². The number of carboxylic acid groups (broad SMARTS) is 1. The Kier molecular flexibility index (Phi) is 12.0. The van der Waals surface area contributed by atoms with Gasteiger partial charge in [-0.3, -0.25) is 19.2 Å². The minimum Gasteiger partial charge on any atom is -0.480 e. The van der Waals surface area contributed by atoms with Gasteiger partial charge in [0.05, 0.1) is 6.04 Å². The van der Waals surface area contributed by atoms with Crippen molar-refractivity contribution in [1.82, 2.24) is 16.0 Å².